The Morgan fingerprint density at radius 2 is 1.61 bits per heavy atom. The van der Waals surface area contributed by atoms with Gasteiger partial charge in [0.1, 0.15) is 23.7 Å². The molecule has 1 spiro atoms. The number of ketones is 1. The number of aromatic nitrogens is 2. The van der Waals surface area contributed by atoms with Gasteiger partial charge in [0.15, 0.2) is 5.82 Å². The van der Waals surface area contributed by atoms with Crippen molar-refractivity contribution in [3.8, 4) is 11.1 Å². The van der Waals surface area contributed by atoms with E-state index in [2.05, 4.69) is 65.6 Å². The fourth-order valence-corrected chi connectivity index (χ4v) is 13.0. The van der Waals surface area contributed by atoms with Crippen LogP contribution in [0, 0.1) is 23.0 Å². The van der Waals surface area contributed by atoms with Crippen molar-refractivity contribution in [3.63, 3.8) is 0 Å². The SMILES string of the molecule is C=C1CCC(N2Cc3cc(N4CCC5(CCN(CC6CCN(c7ccc(-c8cnc9[nH]cc(C(=O)c%10c(F)ccc(NS(=O)(=O)N%11CC[C@@H](F)C%11)c%10F)c9c8)cc7)CC6)C5)CC4)ccc3C2=O)C(=O)N1. The molecule has 3 N–H and O–H groups in total. The van der Waals surface area contributed by atoms with Gasteiger partial charge < -0.3 is 29.9 Å². The minimum absolute atomic E-state index is 0.00902. The molecule has 18 heteroatoms. The second-order valence-corrected chi connectivity index (χ2v) is 21.8. The summed E-state index contributed by atoms with van der Waals surface area (Å²) in [5, 5.41) is 3.17. The van der Waals surface area contributed by atoms with Crippen LogP contribution in [0.5, 0.6) is 0 Å². The molecule has 6 aliphatic rings. The van der Waals surface area contributed by atoms with E-state index < -0.39 is 51.1 Å². The number of aromatic amines is 1. The summed E-state index contributed by atoms with van der Waals surface area (Å²) in [6, 6.07) is 17.4. The average molecular weight is 976 g/mol. The van der Waals surface area contributed by atoms with Crippen LogP contribution in [-0.4, -0.2) is 121 Å². The molecule has 0 aliphatic carbocycles. The van der Waals surface area contributed by atoms with Crippen molar-refractivity contribution >= 4 is 55.9 Å². The number of allylic oxidation sites excluding steroid dienone is 1. The Morgan fingerprint density at radius 3 is 2.36 bits per heavy atom. The summed E-state index contributed by atoms with van der Waals surface area (Å²) in [5.41, 5.74) is 5.34. The van der Waals surface area contributed by atoms with E-state index in [4.69, 9.17) is 0 Å². The predicted molar refractivity (Wildman–Crippen MR) is 261 cm³/mol. The van der Waals surface area contributed by atoms with E-state index in [1.54, 1.807) is 17.2 Å². The number of alkyl halides is 1. The number of likely N-dealkylation sites (tertiary alicyclic amines) is 1. The van der Waals surface area contributed by atoms with Gasteiger partial charge in [0.05, 0.1) is 11.3 Å². The first kappa shape index (κ1) is 46.2. The van der Waals surface area contributed by atoms with Gasteiger partial charge in [-0.25, -0.2) is 18.2 Å². The number of piperidine rings is 3. The number of nitrogens with one attached hydrogen (secondary N) is 3. The second-order valence-electron chi connectivity index (χ2n) is 20.2. The lowest BCUT2D eigenvalue weighted by Gasteiger charge is -2.41. The van der Waals surface area contributed by atoms with Crippen molar-refractivity contribution in [2.24, 2.45) is 11.3 Å². The summed E-state index contributed by atoms with van der Waals surface area (Å²) >= 11 is 0. The Kier molecular flexibility index (Phi) is 12.0. The van der Waals surface area contributed by atoms with Crippen LogP contribution < -0.4 is 19.8 Å². The van der Waals surface area contributed by atoms with E-state index in [-0.39, 0.29) is 36.9 Å². The fourth-order valence-electron chi connectivity index (χ4n) is 11.7. The van der Waals surface area contributed by atoms with Crippen LogP contribution in [0.4, 0.5) is 30.2 Å². The number of carbonyl (C=O) groups is 3. The fraction of sp³-hybridized carbons (Fsp3) is 0.423. The van der Waals surface area contributed by atoms with Gasteiger partial charge in [-0.05, 0) is 129 Å². The number of benzene rings is 3. The molecule has 0 saturated carbocycles. The topological polar surface area (TPSA) is 154 Å². The molecule has 6 aliphatic heterocycles. The number of carbonyl (C=O) groups excluding carboxylic acids is 3. The predicted octanol–water partition coefficient (Wildman–Crippen LogP) is 7.40. The third-order valence-electron chi connectivity index (χ3n) is 15.8. The van der Waals surface area contributed by atoms with Gasteiger partial charge in [0, 0.05) is 110 Å². The molecule has 70 heavy (non-hydrogen) atoms. The molecule has 5 saturated heterocycles. The zero-order valence-corrected chi connectivity index (χ0v) is 39.7. The van der Waals surface area contributed by atoms with Gasteiger partial charge in [-0.3, -0.25) is 19.1 Å². The summed E-state index contributed by atoms with van der Waals surface area (Å²) in [6.07, 6.45) is 8.68. The second kappa shape index (κ2) is 18.2. The van der Waals surface area contributed by atoms with E-state index >= 15 is 8.78 Å². The van der Waals surface area contributed by atoms with Crippen molar-refractivity contribution < 1.29 is 36.0 Å². The molecular weight excluding hydrogens is 920 g/mol. The van der Waals surface area contributed by atoms with Crippen LogP contribution in [0.3, 0.4) is 0 Å². The molecule has 11 rings (SSSR count). The molecule has 2 amide bonds. The number of fused-ring (bicyclic) bond motifs is 2. The van der Waals surface area contributed by atoms with Crippen LogP contribution in [0.25, 0.3) is 22.2 Å². The summed E-state index contributed by atoms with van der Waals surface area (Å²) in [7, 11) is -4.35. The van der Waals surface area contributed by atoms with Crippen LogP contribution in [0.1, 0.15) is 83.2 Å². The van der Waals surface area contributed by atoms with Crippen molar-refractivity contribution in [1.82, 2.24) is 29.4 Å². The van der Waals surface area contributed by atoms with E-state index in [1.807, 2.05) is 18.2 Å². The van der Waals surface area contributed by atoms with Crippen LogP contribution >= 0.6 is 0 Å². The lowest BCUT2D eigenvalue weighted by Crippen LogP contribution is -2.49. The third kappa shape index (κ3) is 8.71. The number of pyridine rings is 1. The molecule has 14 nitrogen and oxygen atoms in total. The largest absolute Gasteiger partial charge is 0.372 e. The summed E-state index contributed by atoms with van der Waals surface area (Å²) in [6.45, 7) is 11.2. The maximum atomic E-state index is 15.8. The standard InChI is InChI=1S/C52H56F3N9O5S/c1-32-2-11-45(50(66)58-32)64-29-36-24-39(7-8-40(36)51(64)67)62-22-16-52(17-23-62)15-21-60(31-52)28-33-12-18-61(19-13-33)38-5-3-34(4-6-38)35-25-41-42(27-57-49(41)56-26-35)48(65)46-43(54)9-10-44(47(46)55)59-70(68,69)63-20-14-37(53)30-63/h3-10,24-27,33,37,45,59H,1-2,11-23,28-31H2,(H,56,57)(H,58,66)/t37-,45?/m1/s1. The minimum atomic E-state index is -4.35. The zero-order valence-electron chi connectivity index (χ0n) is 38.9. The van der Waals surface area contributed by atoms with Gasteiger partial charge in [-0.15, -0.1) is 0 Å². The highest BCUT2D eigenvalue weighted by Gasteiger charge is 2.43. The number of anilines is 3. The molecule has 366 valence electrons. The van der Waals surface area contributed by atoms with Gasteiger partial charge in [0.2, 0.25) is 11.7 Å². The molecule has 8 heterocycles. The number of nitrogens with zero attached hydrogens (tertiary/aromatic N) is 6. The molecule has 3 aromatic carbocycles. The number of amides is 2. The zero-order chi connectivity index (χ0) is 48.5. The van der Waals surface area contributed by atoms with Crippen molar-refractivity contribution in [2.75, 3.05) is 73.4 Å². The highest BCUT2D eigenvalue weighted by atomic mass is 32.2. The smallest absolute Gasteiger partial charge is 0.301 e. The molecule has 2 aromatic heterocycles. The molecule has 2 atom stereocenters. The van der Waals surface area contributed by atoms with E-state index in [1.165, 1.54) is 12.6 Å². The van der Waals surface area contributed by atoms with Crippen molar-refractivity contribution in [1.29, 1.82) is 0 Å². The molecule has 5 aromatic rings. The Morgan fingerprint density at radius 1 is 0.871 bits per heavy atom. The maximum absolute atomic E-state index is 15.8. The minimum Gasteiger partial charge on any atom is -0.372 e. The van der Waals surface area contributed by atoms with Crippen LogP contribution in [0.2, 0.25) is 0 Å². The Hall–Kier alpha value is -6.24. The molecule has 1 unspecified atom stereocenters. The number of hydrogen-bond acceptors (Lipinski definition) is 9. The van der Waals surface area contributed by atoms with E-state index in [9.17, 15) is 27.2 Å². The van der Waals surface area contributed by atoms with E-state index in [0.29, 0.717) is 58.6 Å². The lowest BCUT2D eigenvalue weighted by molar-refractivity contribution is -0.126. The lowest BCUT2D eigenvalue weighted by atomic mass is 9.77. The summed E-state index contributed by atoms with van der Waals surface area (Å²) in [5.74, 6) is -3.10. The highest BCUT2D eigenvalue weighted by Crippen LogP contribution is 2.43. The number of H-pyrrole nitrogens is 1. The van der Waals surface area contributed by atoms with Crippen molar-refractivity contribution in [3.05, 3.63) is 119 Å². The monoisotopic (exact) mass is 975 g/mol. The highest BCUT2D eigenvalue weighted by molar-refractivity contribution is 7.90. The van der Waals surface area contributed by atoms with Gasteiger partial charge in [0.25, 0.3) is 5.91 Å². The van der Waals surface area contributed by atoms with Gasteiger partial charge in [-0.1, -0.05) is 18.7 Å². The first-order valence-electron chi connectivity index (χ1n) is 24.4. The maximum Gasteiger partial charge on any atom is 0.301 e. The van der Waals surface area contributed by atoms with Gasteiger partial charge >= 0.3 is 10.2 Å². The number of rotatable bonds is 11. The third-order valence-corrected chi connectivity index (χ3v) is 17.3. The Labute approximate surface area is 405 Å². The Balaban J connectivity index is 0.672. The molecular formula is C52H56F3N9O5S. The Bertz CT molecular complexity index is 3020. The number of halogens is 3. The summed E-state index contributed by atoms with van der Waals surface area (Å²) in [4.78, 5) is 56.5. The quantitative estimate of drug-likeness (QED) is 0.115. The molecule has 5 fully saturated rings. The van der Waals surface area contributed by atoms with Crippen LogP contribution in [0.15, 0.2) is 85.3 Å². The molecule has 0 radical (unpaired) electrons. The summed E-state index contributed by atoms with van der Waals surface area (Å²) < 4.78 is 73.3. The molecule has 0 bridgehead atoms. The first-order valence-corrected chi connectivity index (χ1v) is 25.8. The average Bonchev–Trinajstić information content (AvgIpc) is 4.16. The van der Waals surface area contributed by atoms with Gasteiger partial charge in [-0.2, -0.15) is 12.7 Å². The first-order chi connectivity index (χ1) is 33.7. The normalized spacial score (nSPS) is 22.4. The van der Waals surface area contributed by atoms with Crippen molar-refractivity contribution in [2.45, 2.75) is 70.1 Å². The van der Waals surface area contributed by atoms with E-state index in [0.717, 1.165) is 110 Å². The number of hydrogen-bond donors (Lipinski definition) is 3. The van der Waals surface area contributed by atoms with Crippen LogP contribution in [-0.2, 0) is 21.5 Å².